The highest BCUT2D eigenvalue weighted by atomic mass is 35.5. The number of alkyl halides is 4. The van der Waals surface area contributed by atoms with Gasteiger partial charge in [-0.2, -0.15) is 13.2 Å². The molecule has 1 heterocycles. The lowest BCUT2D eigenvalue weighted by molar-refractivity contribution is -0.173. The SMILES string of the molecule is Cn1c(CCl)cnc1SCCCOCC(F)(F)F. The van der Waals surface area contributed by atoms with Gasteiger partial charge >= 0.3 is 6.18 Å². The van der Waals surface area contributed by atoms with Crippen molar-refractivity contribution >= 4 is 23.4 Å². The molecule has 1 aromatic rings. The van der Waals surface area contributed by atoms with E-state index in [9.17, 15) is 13.2 Å². The Morgan fingerprint density at radius 3 is 2.78 bits per heavy atom. The largest absolute Gasteiger partial charge is 0.411 e. The summed E-state index contributed by atoms with van der Waals surface area (Å²) in [4.78, 5) is 4.16. The highest BCUT2D eigenvalue weighted by Gasteiger charge is 2.27. The number of hydrogen-bond donors (Lipinski definition) is 0. The second-order valence-electron chi connectivity index (χ2n) is 3.59. The average Bonchev–Trinajstić information content (AvgIpc) is 2.63. The second-order valence-corrected chi connectivity index (χ2v) is 4.92. The molecular formula is C10H14ClF3N2OS. The molecule has 0 fully saturated rings. The average molecular weight is 303 g/mol. The Kier molecular flexibility index (Phi) is 6.31. The molecule has 3 nitrogen and oxygen atoms in total. The van der Waals surface area contributed by atoms with E-state index in [1.165, 1.54) is 11.8 Å². The van der Waals surface area contributed by atoms with Crippen LogP contribution in [0.2, 0.25) is 0 Å². The van der Waals surface area contributed by atoms with Crippen LogP contribution in [-0.4, -0.2) is 34.7 Å². The number of nitrogens with zero attached hydrogens (tertiary/aromatic N) is 2. The highest BCUT2D eigenvalue weighted by Crippen LogP contribution is 2.19. The third kappa shape index (κ3) is 5.49. The van der Waals surface area contributed by atoms with Crippen LogP contribution in [0.1, 0.15) is 12.1 Å². The molecule has 0 bridgehead atoms. The van der Waals surface area contributed by atoms with Crippen molar-refractivity contribution in [3.05, 3.63) is 11.9 Å². The van der Waals surface area contributed by atoms with E-state index in [4.69, 9.17) is 11.6 Å². The van der Waals surface area contributed by atoms with E-state index in [1.807, 2.05) is 11.6 Å². The lowest BCUT2D eigenvalue weighted by Gasteiger charge is -2.07. The molecule has 0 saturated carbocycles. The van der Waals surface area contributed by atoms with Gasteiger partial charge in [-0.1, -0.05) is 11.8 Å². The number of thioether (sulfide) groups is 1. The van der Waals surface area contributed by atoms with Crippen LogP contribution >= 0.6 is 23.4 Å². The van der Waals surface area contributed by atoms with Gasteiger partial charge in [-0.3, -0.25) is 0 Å². The summed E-state index contributed by atoms with van der Waals surface area (Å²) in [5.41, 5.74) is 0.910. The Balaban J connectivity index is 2.16. The van der Waals surface area contributed by atoms with E-state index in [1.54, 1.807) is 6.20 Å². The normalized spacial score (nSPS) is 12.1. The van der Waals surface area contributed by atoms with Crippen molar-refractivity contribution in [3.8, 4) is 0 Å². The zero-order valence-corrected chi connectivity index (χ0v) is 11.4. The first kappa shape index (κ1) is 15.7. The van der Waals surface area contributed by atoms with Crippen LogP contribution in [0.4, 0.5) is 13.2 Å². The van der Waals surface area contributed by atoms with Crippen LogP contribution in [0.3, 0.4) is 0 Å². The fourth-order valence-corrected chi connectivity index (χ4v) is 2.33. The molecule has 104 valence electrons. The molecule has 0 aromatic carbocycles. The zero-order chi connectivity index (χ0) is 13.6. The standard InChI is InChI=1S/C10H14ClF3N2OS/c1-16-8(5-11)6-15-9(16)18-4-2-3-17-7-10(12,13)14/h6H,2-5,7H2,1H3. The van der Waals surface area contributed by atoms with E-state index < -0.39 is 12.8 Å². The lowest BCUT2D eigenvalue weighted by Crippen LogP contribution is -2.17. The van der Waals surface area contributed by atoms with Crippen LogP contribution < -0.4 is 0 Å². The zero-order valence-electron chi connectivity index (χ0n) is 9.84. The number of halogens is 4. The minimum atomic E-state index is -4.25. The van der Waals surface area contributed by atoms with Crippen molar-refractivity contribution in [2.75, 3.05) is 19.0 Å². The van der Waals surface area contributed by atoms with Gasteiger partial charge in [0.15, 0.2) is 5.16 Å². The van der Waals surface area contributed by atoms with Gasteiger partial charge in [0.05, 0.1) is 17.8 Å². The topological polar surface area (TPSA) is 27.1 Å². The van der Waals surface area contributed by atoms with E-state index in [0.717, 1.165) is 10.9 Å². The lowest BCUT2D eigenvalue weighted by atomic mass is 10.5. The molecule has 0 saturated heterocycles. The molecule has 1 aromatic heterocycles. The summed E-state index contributed by atoms with van der Waals surface area (Å²) in [5.74, 6) is 1.04. The third-order valence-corrected chi connectivity index (χ3v) is 3.51. The Hall–Kier alpha value is -0.400. The highest BCUT2D eigenvalue weighted by molar-refractivity contribution is 7.99. The molecule has 0 unspecified atom stereocenters. The molecule has 1 rings (SSSR count). The summed E-state index contributed by atoms with van der Waals surface area (Å²) in [6.45, 7) is -1.09. The first-order valence-corrected chi connectivity index (χ1v) is 6.80. The van der Waals surface area contributed by atoms with Crippen LogP contribution in [0.5, 0.6) is 0 Å². The van der Waals surface area contributed by atoms with Crippen LogP contribution in [0.15, 0.2) is 11.4 Å². The molecular weight excluding hydrogens is 289 g/mol. The number of rotatable bonds is 7. The molecule has 0 radical (unpaired) electrons. The van der Waals surface area contributed by atoms with Crippen molar-refractivity contribution in [1.29, 1.82) is 0 Å². The molecule has 0 aliphatic heterocycles. The van der Waals surface area contributed by atoms with Crippen molar-refractivity contribution in [1.82, 2.24) is 9.55 Å². The summed E-state index contributed by atoms with van der Waals surface area (Å²) in [7, 11) is 1.85. The Morgan fingerprint density at radius 2 is 2.22 bits per heavy atom. The predicted octanol–water partition coefficient (Wildman–Crippen LogP) is 3.22. The summed E-state index contributed by atoms with van der Waals surface area (Å²) in [5, 5.41) is 0.807. The predicted molar refractivity (Wildman–Crippen MR) is 65.0 cm³/mol. The van der Waals surface area contributed by atoms with Gasteiger partial charge < -0.3 is 9.30 Å². The smallest absolute Gasteiger partial charge is 0.372 e. The Labute approximate surface area is 113 Å². The van der Waals surface area contributed by atoms with Gasteiger partial charge in [0.25, 0.3) is 0 Å². The molecule has 0 N–H and O–H groups in total. The summed E-state index contributed by atoms with van der Waals surface area (Å²) in [6.07, 6.45) is -2.01. The number of imidazole rings is 1. The van der Waals surface area contributed by atoms with Crippen LogP contribution in [0.25, 0.3) is 0 Å². The maximum atomic E-state index is 11.8. The summed E-state index contributed by atoms with van der Waals surface area (Å²) >= 11 is 7.17. The molecule has 0 aliphatic rings. The molecule has 0 atom stereocenters. The first-order valence-electron chi connectivity index (χ1n) is 5.28. The fourth-order valence-electron chi connectivity index (χ4n) is 1.20. The van der Waals surface area contributed by atoms with Crippen LogP contribution in [-0.2, 0) is 17.7 Å². The fraction of sp³-hybridized carbons (Fsp3) is 0.700. The van der Waals surface area contributed by atoms with Gasteiger partial charge in [0.2, 0.25) is 0 Å². The summed E-state index contributed by atoms with van der Waals surface area (Å²) in [6, 6.07) is 0. The molecule has 8 heteroatoms. The van der Waals surface area contributed by atoms with E-state index in [2.05, 4.69) is 9.72 Å². The minimum Gasteiger partial charge on any atom is -0.372 e. The van der Waals surface area contributed by atoms with Crippen LogP contribution in [0, 0.1) is 0 Å². The second kappa shape index (κ2) is 7.25. The van der Waals surface area contributed by atoms with Gasteiger partial charge in [-0.15, -0.1) is 11.6 Å². The number of aromatic nitrogens is 2. The van der Waals surface area contributed by atoms with E-state index >= 15 is 0 Å². The van der Waals surface area contributed by atoms with E-state index in [-0.39, 0.29) is 6.61 Å². The maximum absolute atomic E-state index is 11.8. The third-order valence-electron chi connectivity index (χ3n) is 2.11. The molecule has 0 amide bonds. The van der Waals surface area contributed by atoms with Gasteiger partial charge in [-0.05, 0) is 6.42 Å². The summed E-state index contributed by atoms with van der Waals surface area (Å²) < 4.78 is 41.7. The molecule has 0 spiro atoms. The minimum absolute atomic E-state index is 0.0965. The molecule has 0 aliphatic carbocycles. The number of ether oxygens (including phenoxy) is 1. The number of hydrogen-bond acceptors (Lipinski definition) is 3. The quantitative estimate of drug-likeness (QED) is 0.440. The molecule has 18 heavy (non-hydrogen) atoms. The van der Waals surface area contributed by atoms with Gasteiger partial charge in [-0.25, -0.2) is 4.98 Å². The Morgan fingerprint density at radius 1 is 1.50 bits per heavy atom. The monoisotopic (exact) mass is 302 g/mol. The van der Waals surface area contributed by atoms with Crippen molar-refractivity contribution < 1.29 is 17.9 Å². The van der Waals surface area contributed by atoms with E-state index in [0.29, 0.717) is 18.1 Å². The Bertz CT molecular complexity index is 370. The van der Waals surface area contributed by atoms with Crippen molar-refractivity contribution in [3.63, 3.8) is 0 Å². The van der Waals surface area contributed by atoms with Gasteiger partial charge in [0.1, 0.15) is 6.61 Å². The first-order chi connectivity index (χ1) is 8.44. The van der Waals surface area contributed by atoms with Gasteiger partial charge in [0, 0.05) is 19.4 Å². The maximum Gasteiger partial charge on any atom is 0.411 e. The van der Waals surface area contributed by atoms with Crippen molar-refractivity contribution in [2.24, 2.45) is 7.05 Å². The van der Waals surface area contributed by atoms with Crippen molar-refractivity contribution in [2.45, 2.75) is 23.6 Å².